The minimum Gasteiger partial charge on any atom is -0.759 e. The Hall–Kier alpha value is 1.34. The zero-order valence-electron chi connectivity index (χ0n) is 18.7. The normalized spacial score (nSPS) is 10.1. The van der Waals surface area contributed by atoms with Gasteiger partial charge in [-0.05, 0) is 6.42 Å². The molecule has 6 nitrogen and oxygen atoms in total. The van der Waals surface area contributed by atoms with Crippen LogP contribution in [0.15, 0.2) is 0 Å². The number of carbonyl (C=O) groups is 1. The standard InChI is InChI=1S/C19H38O2.2Na.H2O4S/c1-3-4-5-6-7-8-9-10-11-12-13-14-15-16-17-18-19(20)21-2;;;1-5(2,3)4/h3-18H2,1-2H3;;;(H2,1,2,3,4)/q;2*+1;/p-2. The van der Waals surface area contributed by atoms with Gasteiger partial charge in [-0.1, -0.05) is 96.8 Å². The van der Waals surface area contributed by atoms with E-state index in [4.69, 9.17) is 17.5 Å². The van der Waals surface area contributed by atoms with E-state index in [1.54, 1.807) is 0 Å². The van der Waals surface area contributed by atoms with Gasteiger partial charge in [0.1, 0.15) is 0 Å². The number of unbranched alkanes of at least 4 members (excludes halogenated alkanes) is 14. The van der Waals surface area contributed by atoms with Crippen molar-refractivity contribution in [3.63, 3.8) is 0 Å². The van der Waals surface area contributed by atoms with Gasteiger partial charge in [0.05, 0.1) is 7.11 Å². The molecule has 0 heterocycles. The number of rotatable bonds is 16. The number of esters is 1. The Morgan fingerprint density at radius 3 is 1.18 bits per heavy atom. The molecule has 0 unspecified atom stereocenters. The van der Waals surface area contributed by atoms with E-state index in [0.29, 0.717) is 6.42 Å². The smallest absolute Gasteiger partial charge is 0.759 e. The molecule has 0 aromatic heterocycles. The first kappa shape index (κ1) is 36.7. The van der Waals surface area contributed by atoms with Crippen molar-refractivity contribution in [3.8, 4) is 0 Å². The molecule has 28 heavy (non-hydrogen) atoms. The van der Waals surface area contributed by atoms with Crippen LogP contribution in [0.25, 0.3) is 0 Å². The van der Waals surface area contributed by atoms with Crippen molar-refractivity contribution < 1.29 is 86.2 Å². The van der Waals surface area contributed by atoms with Crippen LogP contribution in [0.2, 0.25) is 0 Å². The van der Waals surface area contributed by atoms with Crippen molar-refractivity contribution in [3.05, 3.63) is 0 Å². The van der Waals surface area contributed by atoms with Gasteiger partial charge in [0.25, 0.3) is 0 Å². The third-order valence-electron chi connectivity index (χ3n) is 4.21. The molecule has 9 heteroatoms. The van der Waals surface area contributed by atoms with E-state index in [0.717, 1.165) is 6.42 Å². The maximum Gasteiger partial charge on any atom is 1.00 e. The molecule has 0 amide bonds. The molecule has 0 atom stereocenters. The van der Waals surface area contributed by atoms with E-state index in [9.17, 15) is 4.79 Å². The van der Waals surface area contributed by atoms with Crippen molar-refractivity contribution in [1.82, 2.24) is 0 Å². The number of hydrogen-bond donors (Lipinski definition) is 0. The van der Waals surface area contributed by atoms with Crippen LogP contribution in [0.5, 0.6) is 0 Å². The molecule has 0 saturated heterocycles. The van der Waals surface area contributed by atoms with E-state index in [-0.39, 0.29) is 65.1 Å². The van der Waals surface area contributed by atoms with Gasteiger partial charge >= 0.3 is 65.1 Å². The summed E-state index contributed by atoms with van der Waals surface area (Å²) in [5.74, 6) is -0.0651. The summed E-state index contributed by atoms with van der Waals surface area (Å²) in [6.07, 6.45) is 20.9. The van der Waals surface area contributed by atoms with Gasteiger partial charge in [0, 0.05) is 16.8 Å². The Labute approximate surface area is 217 Å². The molecule has 0 saturated carbocycles. The Bertz CT molecular complexity index is 397. The first-order chi connectivity index (χ1) is 12.3. The van der Waals surface area contributed by atoms with Crippen LogP contribution in [0.4, 0.5) is 0 Å². The molecule has 0 aliphatic heterocycles. The molecule has 0 spiro atoms. The molecule has 0 N–H and O–H groups in total. The molecule has 0 radical (unpaired) electrons. The maximum atomic E-state index is 10.9. The fraction of sp³-hybridized carbons (Fsp3) is 0.947. The zero-order chi connectivity index (χ0) is 20.1. The molecule has 0 aromatic rings. The van der Waals surface area contributed by atoms with E-state index < -0.39 is 10.4 Å². The van der Waals surface area contributed by atoms with E-state index in [1.165, 1.54) is 97.0 Å². The maximum absolute atomic E-state index is 10.9. The van der Waals surface area contributed by atoms with Gasteiger partial charge in [-0.25, -0.2) is 0 Å². The van der Waals surface area contributed by atoms with E-state index >= 15 is 0 Å². The first-order valence-corrected chi connectivity index (χ1v) is 11.4. The van der Waals surface area contributed by atoms with Crippen molar-refractivity contribution in [1.29, 1.82) is 0 Å². The van der Waals surface area contributed by atoms with Crippen LogP contribution in [0, 0.1) is 0 Å². The zero-order valence-corrected chi connectivity index (χ0v) is 23.5. The second-order valence-electron chi connectivity index (χ2n) is 6.68. The van der Waals surface area contributed by atoms with Crippen molar-refractivity contribution in [2.75, 3.05) is 7.11 Å². The number of carbonyl (C=O) groups excluding carboxylic acids is 1. The monoisotopic (exact) mass is 440 g/mol. The first-order valence-electron chi connectivity index (χ1n) is 10.0. The average Bonchev–Trinajstić information content (AvgIpc) is 2.56. The predicted octanol–water partition coefficient (Wildman–Crippen LogP) is -0.909. The van der Waals surface area contributed by atoms with Crippen LogP contribution in [-0.2, 0) is 19.9 Å². The van der Waals surface area contributed by atoms with Gasteiger partial charge in [0.2, 0.25) is 0 Å². The molecule has 0 rings (SSSR count). The summed E-state index contributed by atoms with van der Waals surface area (Å²) >= 11 is 0. The summed E-state index contributed by atoms with van der Waals surface area (Å²) in [7, 11) is -3.70. The molecule has 0 aromatic carbocycles. The second-order valence-corrected chi connectivity index (χ2v) is 7.50. The predicted molar refractivity (Wildman–Crippen MR) is 102 cm³/mol. The van der Waals surface area contributed by atoms with Gasteiger partial charge in [0.15, 0.2) is 0 Å². The SMILES string of the molecule is CCCCCCCCCCCCCCCCCC(=O)OC.O=S(=O)([O-])[O-].[Na+].[Na+]. The number of ether oxygens (including phenoxy) is 1. The molecular weight excluding hydrogens is 402 g/mol. The summed E-state index contributed by atoms with van der Waals surface area (Å²) in [4.78, 5) is 10.9. The number of hydrogen-bond acceptors (Lipinski definition) is 6. The van der Waals surface area contributed by atoms with Crippen molar-refractivity contribution >= 4 is 16.4 Å². The summed E-state index contributed by atoms with van der Waals surface area (Å²) < 4.78 is 38.7. The van der Waals surface area contributed by atoms with Gasteiger partial charge in [-0.2, -0.15) is 0 Å². The second kappa shape index (κ2) is 28.3. The molecule has 0 fully saturated rings. The Morgan fingerprint density at radius 2 is 0.929 bits per heavy atom. The molecule has 0 bridgehead atoms. The fourth-order valence-electron chi connectivity index (χ4n) is 2.74. The van der Waals surface area contributed by atoms with Gasteiger partial charge < -0.3 is 13.8 Å². The van der Waals surface area contributed by atoms with Gasteiger partial charge in [-0.15, -0.1) is 0 Å². The van der Waals surface area contributed by atoms with Crippen LogP contribution in [-0.4, -0.2) is 30.6 Å². The van der Waals surface area contributed by atoms with Crippen LogP contribution in [0.3, 0.4) is 0 Å². The van der Waals surface area contributed by atoms with Crippen LogP contribution >= 0.6 is 0 Å². The van der Waals surface area contributed by atoms with Crippen molar-refractivity contribution in [2.45, 2.75) is 110 Å². The average molecular weight is 441 g/mol. The minimum atomic E-state index is -5.17. The largest absolute Gasteiger partial charge is 1.00 e. The molecule has 0 aliphatic carbocycles. The summed E-state index contributed by atoms with van der Waals surface area (Å²) in [5.41, 5.74) is 0. The third kappa shape index (κ3) is 45.8. The number of methoxy groups -OCH3 is 1. The Balaban J connectivity index is -0.000000364. The molecular formula is C19H38Na2O6S. The van der Waals surface area contributed by atoms with Crippen LogP contribution < -0.4 is 59.1 Å². The Kier molecular flexibility index (Phi) is 37.1. The van der Waals surface area contributed by atoms with E-state index in [2.05, 4.69) is 11.7 Å². The summed E-state index contributed by atoms with van der Waals surface area (Å²) in [5, 5.41) is 0. The molecule has 0 aliphatic rings. The van der Waals surface area contributed by atoms with Crippen LogP contribution in [0.1, 0.15) is 110 Å². The fourth-order valence-corrected chi connectivity index (χ4v) is 2.74. The van der Waals surface area contributed by atoms with Gasteiger partial charge in [-0.3, -0.25) is 13.2 Å². The quantitative estimate of drug-likeness (QED) is 0.101. The topological polar surface area (TPSA) is 107 Å². The minimum absolute atomic E-state index is 0. The third-order valence-corrected chi connectivity index (χ3v) is 4.21. The Morgan fingerprint density at radius 1 is 0.679 bits per heavy atom. The van der Waals surface area contributed by atoms with E-state index in [1.807, 2.05) is 0 Å². The summed E-state index contributed by atoms with van der Waals surface area (Å²) in [6, 6.07) is 0. The summed E-state index contributed by atoms with van der Waals surface area (Å²) in [6.45, 7) is 2.28. The van der Waals surface area contributed by atoms with Crippen molar-refractivity contribution in [2.24, 2.45) is 0 Å². The molecule has 158 valence electrons.